The smallest absolute Gasteiger partial charge is 0.137 e. The molecule has 1 aromatic carbocycles. The summed E-state index contributed by atoms with van der Waals surface area (Å²) < 4.78 is 13.7. The number of fused-ring (bicyclic) bond motifs is 1. The van der Waals surface area contributed by atoms with Gasteiger partial charge in [-0.2, -0.15) is 5.26 Å². The van der Waals surface area contributed by atoms with E-state index in [9.17, 15) is 14.4 Å². The number of rotatable bonds is 10. The maximum atomic E-state index is 13.7. The van der Waals surface area contributed by atoms with Crippen molar-refractivity contribution < 1.29 is 9.18 Å². The van der Waals surface area contributed by atoms with E-state index in [-0.39, 0.29) is 35.5 Å². The first-order valence-electron chi connectivity index (χ1n) is 14.8. The van der Waals surface area contributed by atoms with Crippen LogP contribution in [0.5, 0.6) is 0 Å². The van der Waals surface area contributed by atoms with Gasteiger partial charge < -0.3 is 20.7 Å². The number of nitriles is 1. The van der Waals surface area contributed by atoms with Crippen LogP contribution in [0.15, 0.2) is 35.5 Å². The number of aldehydes is 1. The molecular formula is C31H44FN5O. The molecule has 2 aliphatic heterocycles. The normalized spacial score (nSPS) is 31.9. The largest absolute Gasteiger partial charge is 0.354 e. The molecule has 38 heavy (non-hydrogen) atoms. The van der Waals surface area contributed by atoms with Gasteiger partial charge >= 0.3 is 0 Å². The van der Waals surface area contributed by atoms with Crippen molar-refractivity contribution in [3.63, 3.8) is 0 Å². The summed E-state index contributed by atoms with van der Waals surface area (Å²) in [5.41, 5.74) is 10.3. The van der Waals surface area contributed by atoms with E-state index >= 15 is 0 Å². The SMILES string of the molecule is CCC/C(C)=C(/C(N)CN1C[C@@H](NC2(c3ccc(F)cc3)CCCCC2)CC1C=O)N1C(C#N)CC2CC21. The average Bonchev–Trinajstić information content (AvgIpc) is 3.44. The Morgan fingerprint density at radius 2 is 1.97 bits per heavy atom. The first-order valence-corrected chi connectivity index (χ1v) is 14.8. The summed E-state index contributed by atoms with van der Waals surface area (Å²) >= 11 is 0. The number of nitrogens with zero attached hydrogens (tertiary/aromatic N) is 3. The predicted molar refractivity (Wildman–Crippen MR) is 147 cm³/mol. The van der Waals surface area contributed by atoms with Gasteiger partial charge in [0.2, 0.25) is 0 Å². The number of piperidine rings is 1. The average molecular weight is 522 g/mol. The lowest BCUT2D eigenvalue weighted by Gasteiger charge is -2.41. The van der Waals surface area contributed by atoms with Crippen LogP contribution in [0.3, 0.4) is 0 Å². The molecule has 7 heteroatoms. The molecule has 2 aliphatic carbocycles. The summed E-state index contributed by atoms with van der Waals surface area (Å²) in [4.78, 5) is 16.8. The number of likely N-dealkylation sites (tertiary alicyclic amines) is 2. The summed E-state index contributed by atoms with van der Waals surface area (Å²) in [5, 5.41) is 13.8. The first kappa shape index (κ1) is 27.3. The van der Waals surface area contributed by atoms with Gasteiger partial charge in [-0.05, 0) is 69.1 Å². The van der Waals surface area contributed by atoms with Gasteiger partial charge in [-0.15, -0.1) is 0 Å². The van der Waals surface area contributed by atoms with Gasteiger partial charge in [0.05, 0.1) is 18.2 Å². The van der Waals surface area contributed by atoms with Crippen LogP contribution in [0, 0.1) is 23.1 Å². The molecule has 0 radical (unpaired) electrons. The third-order valence-corrected chi connectivity index (χ3v) is 9.57. The van der Waals surface area contributed by atoms with Crippen LogP contribution in [0.25, 0.3) is 0 Å². The zero-order valence-corrected chi connectivity index (χ0v) is 23.0. The van der Waals surface area contributed by atoms with Crippen LogP contribution < -0.4 is 11.1 Å². The van der Waals surface area contributed by atoms with Crippen molar-refractivity contribution in [2.45, 2.75) is 114 Å². The lowest BCUT2D eigenvalue weighted by atomic mass is 9.76. The molecule has 0 bridgehead atoms. The number of benzene rings is 1. The molecule has 2 heterocycles. The van der Waals surface area contributed by atoms with Crippen molar-refractivity contribution in [2.24, 2.45) is 11.7 Å². The van der Waals surface area contributed by atoms with Crippen LogP contribution in [0.4, 0.5) is 4.39 Å². The van der Waals surface area contributed by atoms with Crippen molar-refractivity contribution >= 4 is 6.29 Å². The number of hydrogen-bond acceptors (Lipinski definition) is 6. The van der Waals surface area contributed by atoms with Gasteiger partial charge in [0.15, 0.2) is 0 Å². The van der Waals surface area contributed by atoms with Gasteiger partial charge in [0.1, 0.15) is 18.1 Å². The lowest BCUT2D eigenvalue weighted by molar-refractivity contribution is -0.111. The van der Waals surface area contributed by atoms with E-state index in [1.165, 1.54) is 12.0 Å². The Morgan fingerprint density at radius 1 is 1.24 bits per heavy atom. The van der Waals surface area contributed by atoms with Crippen molar-refractivity contribution in [3.05, 3.63) is 46.9 Å². The molecule has 4 fully saturated rings. The Balaban J connectivity index is 1.33. The van der Waals surface area contributed by atoms with E-state index in [1.54, 1.807) is 12.1 Å². The fourth-order valence-electron chi connectivity index (χ4n) is 7.71. The van der Waals surface area contributed by atoms with Crippen LogP contribution in [-0.2, 0) is 10.3 Å². The lowest BCUT2D eigenvalue weighted by Crippen LogP contribution is -2.51. The fourth-order valence-corrected chi connectivity index (χ4v) is 7.71. The molecule has 6 nitrogen and oxygen atoms in total. The van der Waals surface area contributed by atoms with Gasteiger partial charge in [-0.25, -0.2) is 4.39 Å². The highest BCUT2D eigenvalue weighted by molar-refractivity contribution is 5.58. The van der Waals surface area contributed by atoms with Crippen molar-refractivity contribution in [2.75, 3.05) is 13.1 Å². The minimum atomic E-state index is -0.237. The fraction of sp³-hybridized carbons (Fsp3) is 0.677. The second kappa shape index (κ2) is 11.5. The molecule has 0 amide bonds. The number of carbonyl (C=O) groups excluding carboxylic acids is 1. The summed E-state index contributed by atoms with van der Waals surface area (Å²) in [6.07, 6.45) is 11.5. The molecule has 1 aromatic rings. The van der Waals surface area contributed by atoms with E-state index in [0.29, 0.717) is 18.5 Å². The highest BCUT2D eigenvalue weighted by Gasteiger charge is 2.54. The second-order valence-corrected chi connectivity index (χ2v) is 12.3. The molecule has 2 saturated heterocycles. The van der Waals surface area contributed by atoms with E-state index in [2.05, 4.69) is 35.0 Å². The van der Waals surface area contributed by atoms with Gasteiger partial charge in [0.25, 0.3) is 0 Å². The van der Waals surface area contributed by atoms with Crippen molar-refractivity contribution in [1.29, 1.82) is 5.26 Å². The number of carbonyl (C=O) groups is 1. The molecule has 4 aliphatic rings. The van der Waals surface area contributed by atoms with Crippen LogP contribution in [0.2, 0.25) is 0 Å². The molecule has 3 N–H and O–H groups in total. The molecule has 5 rings (SSSR count). The molecule has 6 atom stereocenters. The van der Waals surface area contributed by atoms with E-state index in [1.807, 2.05) is 12.1 Å². The summed E-state index contributed by atoms with van der Waals surface area (Å²) in [6, 6.07) is 9.60. The van der Waals surface area contributed by atoms with Gasteiger partial charge in [0, 0.05) is 36.4 Å². The van der Waals surface area contributed by atoms with Gasteiger partial charge in [-0.1, -0.05) is 50.3 Å². The highest BCUT2D eigenvalue weighted by Crippen LogP contribution is 2.50. The monoisotopic (exact) mass is 521 g/mol. The number of allylic oxidation sites excluding steroid dienone is 1. The van der Waals surface area contributed by atoms with Crippen LogP contribution in [-0.4, -0.2) is 59.4 Å². The first-order chi connectivity index (χ1) is 18.4. The second-order valence-electron chi connectivity index (χ2n) is 12.3. The van der Waals surface area contributed by atoms with E-state index < -0.39 is 0 Å². The minimum absolute atomic E-state index is 0.0941. The Hall–Kier alpha value is -2.27. The Bertz CT molecular complexity index is 1060. The summed E-state index contributed by atoms with van der Waals surface area (Å²) in [5.74, 6) is 0.413. The third-order valence-electron chi connectivity index (χ3n) is 9.57. The number of nitrogens with two attached hydrogens (primary N) is 1. The van der Waals surface area contributed by atoms with Crippen LogP contribution >= 0.6 is 0 Å². The maximum Gasteiger partial charge on any atom is 0.137 e. The topological polar surface area (TPSA) is 85.4 Å². The number of nitrogens with one attached hydrogen (secondary N) is 1. The zero-order valence-electron chi connectivity index (χ0n) is 23.0. The number of halogens is 1. The summed E-state index contributed by atoms with van der Waals surface area (Å²) in [6.45, 7) is 5.71. The van der Waals surface area contributed by atoms with Crippen molar-refractivity contribution in [3.8, 4) is 6.07 Å². The molecule has 0 spiro atoms. The minimum Gasteiger partial charge on any atom is -0.354 e. The molecular weight excluding hydrogens is 477 g/mol. The standard InChI is InChI=1S/C31H44FN5O/c1-3-7-21(2)30(37-26(17-33)14-22-15-29(22)37)28(34)19-36-18-25(16-27(36)20-38)35-31(12-5-4-6-13-31)23-8-10-24(32)11-9-23/h8-11,20,22,25-29,35H,3-7,12-16,18-19,34H2,1-2H3/b30-21-/t22?,25-,26?,27?,28?,29?/m0/s1. The van der Waals surface area contributed by atoms with Crippen molar-refractivity contribution in [1.82, 2.24) is 15.1 Å². The van der Waals surface area contributed by atoms with E-state index in [0.717, 1.165) is 81.9 Å². The third kappa shape index (κ3) is 5.41. The Morgan fingerprint density at radius 3 is 2.63 bits per heavy atom. The quantitative estimate of drug-likeness (QED) is 0.438. The molecule has 0 aromatic heterocycles. The van der Waals surface area contributed by atoms with Gasteiger partial charge in [-0.3, -0.25) is 4.90 Å². The molecule has 5 unspecified atom stereocenters. The molecule has 206 valence electrons. The summed E-state index contributed by atoms with van der Waals surface area (Å²) in [7, 11) is 0. The Labute approximate surface area is 227 Å². The Kier molecular flexibility index (Phi) is 8.23. The molecule has 2 saturated carbocycles. The highest BCUT2D eigenvalue weighted by atomic mass is 19.1. The van der Waals surface area contributed by atoms with Crippen LogP contribution in [0.1, 0.15) is 83.6 Å². The predicted octanol–water partition coefficient (Wildman–Crippen LogP) is 4.60. The zero-order chi connectivity index (χ0) is 26.9. The number of hydrogen-bond donors (Lipinski definition) is 2. The maximum absolute atomic E-state index is 13.7. The van der Waals surface area contributed by atoms with E-state index in [4.69, 9.17) is 5.73 Å².